The number of anilines is 1. The molecule has 1 aliphatic heterocycles. The van der Waals surface area contributed by atoms with Crippen molar-refractivity contribution in [1.29, 1.82) is 0 Å². The van der Waals surface area contributed by atoms with Crippen LogP contribution in [0.5, 0.6) is 0 Å². The van der Waals surface area contributed by atoms with Gasteiger partial charge in [0.05, 0.1) is 6.61 Å². The minimum Gasteiger partial charge on any atom is -0.374 e. The van der Waals surface area contributed by atoms with Crippen molar-refractivity contribution in [2.45, 2.75) is 25.8 Å². The number of nitrogens with zero attached hydrogens (tertiary/aromatic N) is 1. The first-order valence-corrected chi connectivity index (χ1v) is 7.16. The molecule has 0 atom stereocenters. The maximum atomic E-state index is 11.8. The quantitative estimate of drug-likeness (QED) is 0.743. The molecule has 0 amide bonds. The summed E-state index contributed by atoms with van der Waals surface area (Å²) >= 11 is 0. The Morgan fingerprint density at radius 3 is 2.50 bits per heavy atom. The lowest BCUT2D eigenvalue weighted by Gasteiger charge is -2.17. The maximum absolute atomic E-state index is 11.8. The monoisotopic (exact) mass is 284 g/mol. The Bertz CT molecular complexity index is 378. The van der Waals surface area contributed by atoms with Crippen LogP contribution in [0.2, 0.25) is 0 Å². The van der Waals surface area contributed by atoms with Gasteiger partial charge in [-0.25, -0.2) is 8.78 Å². The summed E-state index contributed by atoms with van der Waals surface area (Å²) in [6.07, 6.45) is 0.178. The van der Waals surface area contributed by atoms with Crippen LogP contribution in [0.3, 0.4) is 0 Å². The fraction of sp³-hybridized carbons (Fsp3) is 0.600. The van der Waals surface area contributed by atoms with Gasteiger partial charge < -0.3 is 15.0 Å². The summed E-state index contributed by atoms with van der Waals surface area (Å²) in [6, 6.07) is 8.52. The van der Waals surface area contributed by atoms with E-state index in [1.54, 1.807) is 0 Å². The number of halogens is 2. The molecule has 1 heterocycles. The van der Waals surface area contributed by atoms with Gasteiger partial charge in [0.1, 0.15) is 6.61 Å². The van der Waals surface area contributed by atoms with E-state index in [-0.39, 0.29) is 0 Å². The van der Waals surface area contributed by atoms with Crippen LogP contribution in [0, 0.1) is 0 Å². The highest BCUT2D eigenvalue weighted by molar-refractivity contribution is 5.48. The van der Waals surface area contributed by atoms with Gasteiger partial charge in [0.2, 0.25) is 0 Å². The van der Waals surface area contributed by atoms with Gasteiger partial charge in [-0.2, -0.15) is 0 Å². The molecule has 1 saturated heterocycles. The van der Waals surface area contributed by atoms with Crippen LogP contribution in [0.15, 0.2) is 24.3 Å². The number of hydrogen-bond donors (Lipinski definition) is 1. The summed E-state index contributed by atoms with van der Waals surface area (Å²) in [5, 5.41) is 3.18. The minimum atomic E-state index is -2.38. The summed E-state index contributed by atoms with van der Waals surface area (Å²) < 4.78 is 28.5. The van der Waals surface area contributed by atoms with Crippen molar-refractivity contribution in [2.75, 3.05) is 37.7 Å². The topological polar surface area (TPSA) is 24.5 Å². The Kier molecular flexibility index (Phi) is 6.21. The van der Waals surface area contributed by atoms with Crippen molar-refractivity contribution < 1.29 is 13.5 Å². The Labute approximate surface area is 118 Å². The molecule has 1 aromatic rings. The molecule has 0 radical (unpaired) electrons. The number of nitrogens with one attached hydrogen (secondary N) is 1. The highest BCUT2D eigenvalue weighted by Gasteiger charge is 2.11. The molecule has 0 bridgehead atoms. The molecule has 0 unspecified atom stereocenters. The average molecular weight is 284 g/mol. The van der Waals surface area contributed by atoms with E-state index in [1.165, 1.54) is 24.1 Å². The molecule has 0 spiro atoms. The molecule has 1 N–H and O–H groups in total. The van der Waals surface area contributed by atoms with E-state index in [0.717, 1.165) is 19.6 Å². The van der Waals surface area contributed by atoms with Crippen LogP contribution < -0.4 is 10.2 Å². The summed E-state index contributed by atoms with van der Waals surface area (Å²) in [7, 11) is 0. The molecule has 2 rings (SSSR count). The van der Waals surface area contributed by atoms with Crippen LogP contribution in [0.4, 0.5) is 14.5 Å². The van der Waals surface area contributed by atoms with Crippen molar-refractivity contribution in [3.05, 3.63) is 29.8 Å². The number of alkyl halides is 2. The summed E-state index contributed by atoms with van der Waals surface area (Å²) in [5.41, 5.74) is 2.48. The van der Waals surface area contributed by atoms with Gasteiger partial charge in [0.15, 0.2) is 0 Å². The van der Waals surface area contributed by atoms with Gasteiger partial charge in [-0.3, -0.25) is 0 Å². The van der Waals surface area contributed by atoms with Crippen molar-refractivity contribution in [3.8, 4) is 0 Å². The number of benzene rings is 1. The Morgan fingerprint density at radius 2 is 1.85 bits per heavy atom. The maximum Gasteiger partial charge on any atom is 0.261 e. The van der Waals surface area contributed by atoms with E-state index >= 15 is 0 Å². The van der Waals surface area contributed by atoms with Crippen molar-refractivity contribution in [1.82, 2.24) is 5.32 Å². The van der Waals surface area contributed by atoms with Crippen molar-refractivity contribution in [2.24, 2.45) is 0 Å². The van der Waals surface area contributed by atoms with Gasteiger partial charge in [0.25, 0.3) is 6.43 Å². The molecule has 5 heteroatoms. The number of ether oxygens (including phenoxy) is 1. The normalized spacial score (nSPS) is 15.2. The van der Waals surface area contributed by atoms with Gasteiger partial charge in [-0.1, -0.05) is 12.1 Å². The van der Waals surface area contributed by atoms with E-state index in [4.69, 9.17) is 4.74 Å². The Morgan fingerprint density at radius 1 is 1.15 bits per heavy atom. The Balaban J connectivity index is 1.63. The molecule has 1 fully saturated rings. The lowest BCUT2D eigenvalue weighted by atomic mass is 10.2. The standard InChI is InChI=1S/C15H22F2N2O/c16-15(17)12-20-10-7-18-11-13-3-5-14(6-4-13)19-8-1-2-9-19/h3-6,15,18H,1-2,7-12H2. The molecule has 20 heavy (non-hydrogen) atoms. The number of hydrogen-bond acceptors (Lipinski definition) is 3. The molecule has 3 nitrogen and oxygen atoms in total. The lowest BCUT2D eigenvalue weighted by Crippen LogP contribution is -2.21. The molecular weight excluding hydrogens is 262 g/mol. The summed E-state index contributed by atoms with van der Waals surface area (Å²) in [6.45, 7) is 3.46. The molecule has 0 aliphatic carbocycles. The molecular formula is C15H22F2N2O. The lowest BCUT2D eigenvalue weighted by molar-refractivity contribution is 0.0187. The van der Waals surface area contributed by atoms with Crippen LogP contribution in [-0.2, 0) is 11.3 Å². The van der Waals surface area contributed by atoms with Crippen molar-refractivity contribution in [3.63, 3.8) is 0 Å². The second-order valence-electron chi connectivity index (χ2n) is 5.00. The molecule has 1 aromatic carbocycles. The first kappa shape index (κ1) is 15.2. The zero-order chi connectivity index (χ0) is 14.2. The van der Waals surface area contributed by atoms with E-state index in [0.29, 0.717) is 13.2 Å². The van der Waals surface area contributed by atoms with Crippen LogP contribution in [0.1, 0.15) is 18.4 Å². The third-order valence-corrected chi connectivity index (χ3v) is 3.40. The minimum absolute atomic E-state index is 0.316. The van der Waals surface area contributed by atoms with Crippen molar-refractivity contribution >= 4 is 5.69 Å². The average Bonchev–Trinajstić information content (AvgIpc) is 2.97. The summed E-state index contributed by atoms with van der Waals surface area (Å²) in [4.78, 5) is 2.40. The third kappa shape index (κ3) is 5.06. The predicted octanol–water partition coefficient (Wildman–Crippen LogP) is 2.66. The van der Waals surface area contributed by atoms with E-state index in [1.807, 2.05) is 0 Å². The van der Waals surface area contributed by atoms with Gasteiger partial charge in [-0.05, 0) is 30.5 Å². The molecule has 112 valence electrons. The molecule has 1 aliphatic rings. The summed E-state index contributed by atoms with van der Waals surface area (Å²) in [5.74, 6) is 0. The Hall–Kier alpha value is -1.20. The van der Waals surface area contributed by atoms with Crippen LogP contribution in [0.25, 0.3) is 0 Å². The highest BCUT2D eigenvalue weighted by atomic mass is 19.3. The highest BCUT2D eigenvalue weighted by Crippen LogP contribution is 2.20. The first-order valence-electron chi connectivity index (χ1n) is 7.16. The fourth-order valence-corrected chi connectivity index (χ4v) is 2.35. The zero-order valence-electron chi connectivity index (χ0n) is 11.7. The third-order valence-electron chi connectivity index (χ3n) is 3.40. The second-order valence-corrected chi connectivity index (χ2v) is 5.00. The molecule has 0 saturated carbocycles. The van der Waals surface area contributed by atoms with Crippen LogP contribution >= 0.6 is 0 Å². The second kappa shape index (κ2) is 8.17. The van der Waals surface area contributed by atoms with E-state index in [9.17, 15) is 8.78 Å². The van der Waals surface area contributed by atoms with Gasteiger partial charge >= 0.3 is 0 Å². The number of rotatable bonds is 8. The van der Waals surface area contributed by atoms with Gasteiger partial charge in [0, 0.05) is 31.9 Å². The van der Waals surface area contributed by atoms with E-state index in [2.05, 4.69) is 34.5 Å². The van der Waals surface area contributed by atoms with E-state index < -0.39 is 13.0 Å². The zero-order valence-corrected chi connectivity index (χ0v) is 11.7. The SMILES string of the molecule is FC(F)COCCNCc1ccc(N2CCCC2)cc1. The van der Waals surface area contributed by atoms with Gasteiger partial charge in [-0.15, -0.1) is 0 Å². The van der Waals surface area contributed by atoms with Crippen LogP contribution in [-0.4, -0.2) is 39.3 Å². The largest absolute Gasteiger partial charge is 0.374 e. The molecule has 0 aromatic heterocycles. The predicted molar refractivity (Wildman–Crippen MR) is 76.4 cm³/mol. The first-order chi connectivity index (χ1) is 9.75. The fourth-order valence-electron chi connectivity index (χ4n) is 2.35. The smallest absolute Gasteiger partial charge is 0.261 e.